The Hall–Kier alpha value is -3.16. The maximum atomic E-state index is 13.0. The van der Waals surface area contributed by atoms with Crippen molar-refractivity contribution in [3.05, 3.63) is 77.1 Å². The predicted octanol–water partition coefficient (Wildman–Crippen LogP) is 3.10. The average Bonchev–Trinajstić information content (AvgIpc) is 2.70. The molecule has 1 aromatic carbocycles. The maximum Gasteiger partial charge on any atom is 0.433 e. The Morgan fingerprint density at radius 3 is 2.75 bits per heavy atom. The van der Waals surface area contributed by atoms with Gasteiger partial charge in [0.2, 0.25) is 5.91 Å². The number of aromatic nitrogens is 1. The number of fused-ring (bicyclic) bond motifs is 1. The predicted molar refractivity (Wildman–Crippen MR) is 96.2 cm³/mol. The summed E-state index contributed by atoms with van der Waals surface area (Å²) >= 11 is 0. The second-order valence-corrected chi connectivity index (χ2v) is 6.39. The fourth-order valence-corrected chi connectivity index (χ4v) is 3.13. The highest BCUT2D eigenvalue weighted by Crippen LogP contribution is 2.30. The van der Waals surface area contributed by atoms with E-state index < -0.39 is 17.8 Å². The summed E-state index contributed by atoms with van der Waals surface area (Å²) < 4.78 is 39.0. The topological polar surface area (TPSA) is 62.3 Å². The van der Waals surface area contributed by atoms with E-state index in [2.05, 4.69) is 16.9 Å². The zero-order valence-electron chi connectivity index (χ0n) is 14.9. The lowest BCUT2D eigenvalue weighted by Crippen LogP contribution is -2.35. The highest BCUT2D eigenvalue weighted by Gasteiger charge is 2.35. The second kappa shape index (κ2) is 7.84. The van der Waals surface area contributed by atoms with Crippen LogP contribution in [0.25, 0.3) is 0 Å². The Balaban J connectivity index is 1.73. The van der Waals surface area contributed by atoms with Gasteiger partial charge in [0.1, 0.15) is 5.69 Å². The van der Waals surface area contributed by atoms with Crippen LogP contribution in [0.2, 0.25) is 0 Å². The van der Waals surface area contributed by atoms with Gasteiger partial charge in [-0.2, -0.15) is 13.2 Å². The van der Waals surface area contributed by atoms with E-state index in [4.69, 9.17) is 0 Å². The van der Waals surface area contributed by atoms with Crippen molar-refractivity contribution in [3.8, 4) is 0 Å². The van der Waals surface area contributed by atoms with E-state index in [9.17, 15) is 22.8 Å². The zero-order chi connectivity index (χ0) is 20.3. The molecule has 2 amide bonds. The van der Waals surface area contributed by atoms with E-state index in [0.717, 1.165) is 17.3 Å². The van der Waals surface area contributed by atoms with Crippen molar-refractivity contribution in [2.75, 3.05) is 6.54 Å². The lowest BCUT2D eigenvalue weighted by Gasteiger charge is -2.28. The van der Waals surface area contributed by atoms with E-state index in [1.54, 1.807) is 17.0 Å². The van der Waals surface area contributed by atoms with Crippen LogP contribution in [0.3, 0.4) is 0 Å². The van der Waals surface area contributed by atoms with E-state index in [1.807, 2.05) is 6.07 Å². The second-order valence-electron chi connectivity index (χ2n) is 6.39. The van der Waals surface area contributed by atoms with Crippen molar-refractivity contribution in [1.82, 2.24) is 15.2 Å². The minimum absolute atomic E-state index is 0.107. The fraction of sp³-hybridized carbons (Fsp3) is 0.250. The van der Waals surface area contributed by atoms with Crippen LogP contribution < -0.4 is 5.32 Å². The molecule has 0 saturated carbocycles. The first-order chi connectivity index (χ1) is 13.3. The molecule has 0 radical (unpaired) electrons. The van der Waals surface area contributed by atoms with Gasteiger partial charge in [-0.1, -0.05) is 18.7 Å². The van der Waals surface area contributed by atoms with Gasteiger partial charge in [0.25, 0.3) is 5.91 Å². The minimum atomic E-state index is -4.59. The highest BCUT2D eigenvalue weighted by atomic mass is 19.4. The van der Waals surface area contributed by atoms with Gasteiger partial charge in [-0.25, -0.2) is 0 Å². The molecular weight excluding hydrogens is 371 g/mol. The average molecular weight is 389 g/mol. The number of carbonyl (C=O) groups is 2. The summed E-state index contributed by atoms with van der Waals surface area (Å²) in [7, 11) is 0. The van der Waals surface area contributed by atoms with Gasteiger partial charge in [0.15, 0.2) is 0 Å². The number of pyridine rings is 1. The summed E-state index contributed by atoms with van der Waals surface area (Å²) in [6.45, 7) is 4.12. The molecule has 5 nitrogen and oxygen atoms in total. The summed E-state index contributed by atoms with van der Waals surface area (Å²) in [5.41, 5.74) is 1.08. The van der Waals surface area contributed by atoms with Crippen LogP contribution in [0.5, 0.6) is 0 Å². The molecule has 2 heterocycles. The summed E-state index contributed by atoms with van der Waals surface area (Å²) in [5, 5.41) is 2.50. The molecule has 1 N–H and O–H groups in total. The van der Waals surface area contributed by atoms with Gasteiger partial charge >= 0.3 is 6.18 Å². The third-order valence-electron chi connectivity index (χ3n) is 4.57. The van der Waals surface area contributed by atoms with E-state index >= 15 is 0 Å². The molecule has 0 unspecified atom stereocenters. The molecule has 0 spiro atoms. The smallest absolute Gasteiger partial charge is 0.348 e. The largest absolute Gasteiger partial charge is 0.433 e. The first kappa shape index (κ1) is 19.6. The number of carbonyl (C=O) groups excluding carboxylic acids is 2. The van der Waals surface area contributed by atoms with Crippen LogP contribution in [0, 0.1) is 0 Å². The van der Waals surface area contributed by atoms with Crippen molar-refractivity contribution in [2.45, 2.75) is 25.7 Å². The molecular formula is C20H18F3N3O2. The summed E-state index contributed by atoms with van der Waals surface area (Å²) in [5.74, 6) is -0.677. The van der Waals surface area contributed by atoms with Crippen LogP contribution in [0.15, 0.2) is 49.2 Å². The van der Waals surface area contributed by atoms with Crippen molar-refractivity contribution in [1.29, 1.82) is 0 Å². The monoisotopic (exact) mass is 389 g/mol. The number of rotatable bonds is 4. The lowest BCUT2D eigenvalue weighted by molar-refractivity contribution is -0.141. The number of halogens is 3. The van der Waals surface area contributed by atoms with E-state index in [-0.39, 0.29) is 18.0 Å². The third-order valence-corrected chi connectivity index (χ3v) is 4.57. The number of hydrogen-bond donors (Lipinski definition) is 1. The van der Waals surface area contributed by atoms with Gasteiger partial charge in [0, 0.05) is 37.0 Å². The molecule has 1 aliphatic heterocycles. The van der Waals surface area contributed by atoms with Gasteiger partial charge in [0.05, 0.1) is 0 Å². The van der Waals surface area contributed by atoms with Gasteiger partial charge in [-0.15, -0.1) is 0 Å². The molecule has 146 valence electrons. The first-order valence-corrected chi connectivity index (χ1v) is 8.62. The fourth-order valence-electron chi connectivity index (χ4n) is 3.13. The number of benzene rings is 1. The molecule has 2 aromatic rings. The standard InChI is InChI=1S/C20H18F3N3O2/c1-2-17(27)26-9-7-13-5-6-14(10-16(13)12-26)19(28)25-11-15-4-3-8-24-18(15)20(21,22)23/h2-6,8,10H,1,7,9,11-12H2,(H,25,28). The number of alkyl halides is 3. The van der Waals surface area contributed by atoms with Gasteiger partial charge in [-0.3, -0.25) is 14.6 Å². The molecule has 8 heteroatoms. The third kappa shape index (κ3) is 4.21. The summed E-state index contributed by atoms with van der Waals surface area (Å²) in [6, 6.07) is 7.78. The number of nitrogens with one attached hydrogen (secondary N) is 1. The quantitative estimate of drug-likeness (QED) is 0.818. The normalized spacial score (nSPS) is 13.6. The molecule has 0 fully saturated rings. The molecule has 1 aliphatic rings. The molecule has 0 aliphatic carbocycles. The Kier molecular flexibility index (Phi) is 5.48. The lowest BCUT2D eigenvalue weighted by atomic mass is 9.97. The SMILES string of the molecule is C=CC(=O)N1CCc2ccc(C(=O)NCc3cccnc3C(F)(F)F)cc2C1. The van der Waals surface area contributed by atoms with E-state index in [0.29, 0.717) is 25.1 Å². The number of nitrogens with zero attached hydrogens (tertiary/aromatic N) is 2. The molecule has 1 aromatic heterocycles. The van der Waals surface area contributed by atoms with Crippen LogP contribution in [-0.4, -0.2) is 28.2 Å². The Bertz CT molecular complexity index is 925. The van der Waals surface area contributed by atoms with Crippen LogP contribution in [0.1, 0.15) is 32.7 Å². The van der Waals surface area contributed by atoms with Crippen molar-refractivity contribution < 1.29 is 22.8 Å². The van der Waals surface area contributed by atoms with Crippen molar-refractivity contribution in [2.24, 2.45) is 0 Å². The minimum Gasteiger partial charge on any atom is -0.348 e. The van der Waals surface area contributed by atoms with Crippen LogP contribution in [0.4, 0.5) is 13.2 Å². The van der Waals surface area contributed by atoms with Gasteiger partial charge < -0.3 is 10.2 Å². The summed E-state index contributed by atoms with van der Waals surface area (Å²) in [4.78, 5) is 29.2. The number of hydrogen-bond acceptors (Lipinski definition) is 3. The Labute approximate surface area is 159 Å². The Morgan fingerprint density at radius 1 is 1.25 bits per heavy atom. The van der Waals surface area contributed by atoms with Crippen LogP contribution >= 0.6 is 0 Å². The molecule has 0 atom stereocenters. The molecule has 0 saturated heterocycles. The highest BCUT2D eigenvalue weighted by molar-refractivity contribution is 5.94. The maximum absolute atomic E-state index is 13.0. The number of amides is 2. The van der Waals surface area contributed by atoms with Crippen LogP contribution in [-0.2, 0) is 30.5 Å². The van der Waals surface area contributed by atoms with Crippen molar-refractivity contribution >= 4 is 11.8 Å². The summed E-state index contributed by atoms with van der Waals surface area (Å²) in [6.07, 6.45) is -1.61. The first-order valence-electron chi connectivity index (χ1n) is 8.62. The molecule has 28 heavy (non-hydrogen) atoms. The van der Waals surface area contributed by atoms with Crippen molar-refractivity contribution in [3.63, 3.8) is 0 Å². The van der Waals surface area contributed by atoms with Gasteiger partial charge in [-0.05, 0) is 41.8 Å². The Morgan fingerprint density at radius 2 is 2.04 bits per heavy atom. The molecule has 3 rings (SSSR count). The molecule has 0 bridgehead atoms. The zero-order valence-corrected chi connectivity index (χ0v) is 14.9. The van der Waals surface area contributed by atoms with E-state index in [1.165, 1.54) is 18.2 Å².